The molecule has 0 aliphatic heterocycles. The lowest BCUT2D eigenvalue weighted by atomic mass is 10.3. The van der Waals surface area contributed by atoms with Crippen LogP contribution in [0.15, 0.2) is 53.4 Å². The van der Waals surface area contributed by atoms with Gasteiger partial charge in [0.05, 0.1) is 15.7 Å². The molecule has 0 unspecified atom stereocenters. The molecule has 1 N–H and O–H groups in total. The molecule has 0 atom stereocenters. The Labute approximate surface area is 128 Å². The highest BCUT2D eigenvalue weighted by molar-refractivity contribution is 7.91. The molecule has 0 aliphatic rings. The predicted octanol–water partition coefficient (Wildman–Crippen LogP) is 3.88. The van der Waals surface area contributed by atoms with Crippen LogP contribution >= 0.6 is 23.2 Å². The summed E-state index contributed by atoms with van der Waals surface area (Å²) in [4.78, 5) is 0.166. The molecular formula is C14H13Cl2NO2S. The molecule has 2 aromatic carbocycles. The van der Waals surface area contributed by atoms with Gasteiger partial charge in [-0.3, -0.25) is 0 Å². The van der Waals surface area contributed by atoms with Crippen molar-refractivity contribution in [3.63, 3.8) is 0 Å². The van der Waals surface area contributed by atoms with Crippen molar-refractivity contribution in [3.05, 3.63) is 58.6 Å². The maximum Gasteiger partial charge on any atom is 0.181 e. The summed E-state index contributed by atoms with van der Waals surface area (Å²) in [5.74, 6) is -0.0284. The molecule has 0 radical (unpaired) electrons. The molecular weight excluding hydrogens is 317 g/mol. The first kappa shape index (κ1) is 15.2. The Balaban J connectivity index is 2.00. The van der Waals surface area contributed by atoms with E-state index in [9.17, 15) is 8.42 Å². The highest BCUT2D eigenvalue weighted by Gasteiger charge is 2.16. The molecule has 0 fully saturated rings. The van der Waals surface area contributed by atoms with Gasteiger partial charge in [-0.2, -0.15) is 0 Å². The minimum Gasteiger partial charge on any atom is -0.384 e. The van der Waals surface area contributed by atoms with Gasteiger partial charge in [-0.15, -0.1) is 0 Å². The Bertz CT molecular complexity index is 685. The zero-order valence-corrected chi connectivity index (χ0v) is 12.8. The van der Waals surface area contributed by atoms with Gasteiger partial charge >= 0.3 is 0 Å². The normalized spacial score (nSPS) is 11.3. The quantitative estimate of drug-likeness (QED) is 0.905. The van der Waals surface area contributed by atoms with E-state index in [4.69, 9.17) is 23.2 Å². The van der Waals surface area contributed by atoms with Crippen LogP contribution in [0.4, 0.5) is 5.69 Å². The van der Waals surface area contributed by atoms with Crippen LogP contribution in [0.25, 0.3) is 0 Å². The van der Waals surface area contributed by atoms with Crippen LogP contribution in [0.5, 0.6) is 0 Å². The third-order valence-corrected chi connectivity index (χ3v) is 5.18. The van der Waals surface area contributed by atoms with Crippen molar-refractivity contribution < 1.29 is 8.42 Å². The smallest absolute Gasteiger partial charge is 0.181 e. The monoisotopic (exact) mass is 329 g/mol. The van der Waals surface area contributed by atoms with Gasteiger partial charge in [-0.1, -0.05) is 35.3 Å². The summed E-state index contributed by atoms with van der Waals surface area (Å²) in [6.45, 7) is 0.301. The van der Waals surface area contributed by atoms with E-state index in [1.165, 1.54) is 6.07 Å². The second kappa shape index (κ2) is 6.48. The van der Waals surface area contributed by atoms with E-state index in [0.717, 1.165) is 5.69 Å². The first-order chi connectivity index (χ1) is 9.49. The zero-order chi connectivity index (χ0) is 14.6. The lowest BCUT2D eigenvalue weighted by Gasteiger charge is -2.08. The average Bonchev–Trinajstić information content (AvgIpc) is 2.41. The molecule has 3 nitrogen and oxygen atoms in total. The lowest BCUT2D eigenvalue weighted by Crippen LogP contribution is -2.16. The van der Waals surface area contributed by atoms with Gasteiger partial charge in [-0.25, -0.2) is 8.42 Å². The van der Waals surface area contributed by atoms with E-state index in [0.29, 0.717) is 11.6 Å². The standard InChI is InChI=1S/C14H13Cl2NO2S/c15-11-5-7-12(8-6-11)17-9-10-20(18,19)14-4-2-1-3-13(14)16/h1-8,17H,9-10H2. The SMILES string of the molecule is O=S(=O)(CCNc1ccc(Cl)cc1)c1ccccc1Cl. The van der Waals surface area contributed by atoms with E-state index in [2.05, 4.69) is 5.32 Å². The van der Waals surface area contributed by atoms with Crippen LogP contribution in [-0.4, -0.2) is 20.7 Å². The van der Waals surface area contributed by atoms with E-state index < -0.39 is 9.84 Å². The van der Waals surface area contributed by atoms with Crippen molar-refractivity contribution in [2.75, 3.05) is 17.6 Å². The Hall–Kier alpha value is -1.23. The summed E-state index contributed by atoms with van der Waals surface area (Å²) >= 11 is 11.7. The van der Waals surface area contributed by atoms with Crippen molar-refractivity contribution in [3.8, 4) is 0 Å². The lowest BCUT2D eigenvalue weighted by molar-refractivity contribution is 0.596. The summed E-state index contributed by atoms with van der Waals surface area (Å²) in [5, 5.41) is 3.92. The number of halogens is 2. The summed E-state index contributed by atoms with van der Waals surface area (Å²) in [6.07, 6.45) is 0. The molecule has 6 heteroatoms. The van der Waals surface area contributed by atoms with Gasteiger partial charge < -0.3 is 5.32 Å². The summed E-state index contributed by atoms with van der Waals surface area (Å²) in [5.41, 5.74) is 0.823. The van der Waals surface area contributed by atoms with Gasteiger partial charge in [0.15, 0.2) is 9.84 Å². The van der Waals surface area contributed by atoms with Gasteiger partial charge in [-0.05, 0) is 36.4 Å². The summed E-state index contributed by atoms with van der Waals surface area (Å²) in [7, 11) is -3.39. The highest BCUT2D eigenvalue weighted by Crippen LogP contribution is 2.21. The van der Waals surface area contributed by atoms with Crippen molar-refractivity contribution >= 4 is 38.7 Å². The molecule has 0 aromatic heterocycles. The molecule has 0 saturated carbocycles. The molecule has 0 saturated heterocycles. The van der Waals surface area contributed by atoms with E-state index in [-0.39, 0.29) is 15.7 Å². The first-order valence-corrected chi connectivity index (χ1v) is 8.36. The fraction of sp³-hybridized carbons (Fsp3) is 0.143. The van der Waals surface area contributed by atoms with Crippen molar-refractivity contribution in [1.82, 2.24) is 0 Å². The minimum atomic E-state index is -3.39. The Morgan fingerprint density at radius 1 is 0.950 bits per heavy atom. The molecule has 2 aromatic rings. The van der Waals surface area contributed by atoms with Crippen LogP contribution < -0.4 is 5.32 Å². The average molecular weight is 330 g/mol. The molecule has 106 valence electrons. The molecule has 0 amide bonds. The van der Waals surface area contributed by atoms with Gasteiger partial charge in [0, 0.05) is 17.3 Å². The first-order valence-electron chi connectivity index (χ1n) is 5.96. The number of nitrogens with one attached hydrogen (secondary N) is 1. The molecule has 0 spiro atoms. The molecule has 0 bridgehead atoms. The molecule has 20 heavy (non-hydrogen) atoms. The number of rotatable bonds is 5. The number of sulfone groups is 1. The molecule has 2 rings (SSSR count). The van der Waals surface area contributed by atoms with Crippen LogP contribution in [0, 0.1) is 0 Å². The topological polar surface area (TPSA) is 46.2 Å². The maximum absolute atomic E-state index is 12.2. The Morgan fingerprint density at radius 2 is 1.60 bits per heavy atom. The third kappa shape index (κ3) is 3.88. The molecule has 0 aliphatic carbocycles. The van der Waals surface area contributed by atoms with E-state index >= 15 is 0 Å². The van der Waals surface area contributed by atoms with Crippen LogP contribution in [0.2, 0.25) is 10.0 Å². The highest BCUT2D eigenvalue weighted by atomic mass is 35.5. The van der Waals surface area contributed by atoms with Crippen molar-refractivity contribution in [2.45, 2.75) is 4.90 Å². The minimum absolute atomic E-state index is 0.0284. The second-order valence-corrected chi connectivity index (χ2v) is 7.10. The number of anilines is 1. The molecule has 0 heterocycles. The maximum atomic E-state index is 12.2. The zero-order valence-electron chi connectivity index (χ0n) is 10.5. The Morgan fingerprint density at radius 3 is 2.25 bits per heavy atom. The van der Waals surface area contributed by atoms with Crippen molar-refractivity contribution in [2.24, 2.45) is 0 Å². The van der Waals surface area contributed by atoms with Gasteiger partial charge in [0.25, 0.3) is 0 Å². The van der Waals surface area contributed by atoms with Crippen LogP contribution in [-0.2, 0) is 9.84 Å². The third-order valence-electron chi connectivity index (χ3n) is 2.72. The largest absolute Gasteiger partial charge is 0.384 e. The fourth-order valence-electron chi connectivity index (χ4n) is 1.70. The van der Waals surface area contributed by atoms with Crippen LogP contribution in [0.1, 0.15) is 0 Å². The number of hydrogen-bond acceptors (Lipinski definition) is 3. The van der Waals surface area contributed by atoms with E-state index in [1.54, 1.807) is 42.5 Å². The fourth-order valence-corrected chi connectivity index (χ4v) is 3.56. The second-order valence-electron chi connectivity index (χ2n) is 4.18. The summed E-state index contributed by atoms with van der Waals surface area (Å²) in [6, 6.07) is 13.5. The van der Waals surface area contributed by atoms with Gasteiger partial charge in [0.2, 0.25) is 0 Å². The summed E-state index contributed by atoms with van der Waals surface area (Å²) < 4.78 is 24.3. The number of benzene rings is 2. The van der Waals surface area contributed by atoms with Crippen LogP contribution in [0.3, 0.4) is 0 Å². The number of hydrogen-bond donors (Lipinski definition) is 1. The van der Waals surface area contributed by atoms with E-state index in [1.807, 2.05) is 0 Å². The predicted molar refractivity (Wildman–Crippen MR) is 83.4 cm³/mol. The Kier molecular flexibility index (Phi) is 4.91. The van der Waals surface area contributed by atoms with Gasteiger partial charge in [0.1, 0.15) is 0 Å². The van der Waals surface area contributed by atoms with Crippen molar-refractivity contribution in [1.29, 1.82) is 0 Å².